The molecule has 1 aromatic heterocycles. The second kappa shape index (κ2) is 7.27. The van der Waals surface area contributed by atoms with E-state index in [9.17, 15) is 4.79 Å². The monoisotopic (exact) mass is 283 g/mol. The number of carbonyl (C=O) groups excluding carboxylic acids is 1. The molecule has 2 N–H and O–H groups in total. The Bertz CT molecular complexity index is 667. The van der Waals surface area contributed by atoms with E-state index in [1.165, 1.54) is 0 Å². The number of aliphatic hydroxyl groups excluding tert-OH is 1. The number of hydrogen-bond donors (Lipinski definition) is 2. The summed E-state index contributed by atoms with van der Waals surface area (Å²) < 4.78 is 1.76. The van der Waals surface area contributed by atoms with E-state index in [2.05, 4.69) is 22.3 Å². The molecular formula is C16H17N3O2. The fourth-order valence-electron chi connectivity index (χ4n) is 1.85. The van der Waals surface area contributed by atoms with Gasteiger partial charge in [0.2, 0.25) is 0 Å². The highest BCUT2D eigenvalue weighted by Gasteiger charge is 2.06. The molecule has 0 radical (unpaired) electrons. The molecule has 2 aromatic rings. The lowest BCUT2D eigenvalue weighted by atomic mass is 10.0. The van der Waals surface area contributed by atoms with Crippen molar-refractivity contribution >= 4 is 5.91 Å². The average Bonchev–Trinajstić information content (AvgIpc) is 2.99. The summed E-state index contributed by atoms with van der Waals surface area (Å²) >= 11 is 0. The van der Waals surface area contributed by atoms with Gasteiger partial charge in [0, 0.05) is 30.1 Å². The van der Waals surface area contributed by atoms with Crippen molar-refractivity contribution in [2.45, 2.75) is 13.5 Å². The van der Waals surface area contributed by atoms with Crippen molar-refractivity contribution < 1.29 is 9.90 Å². The Morgan fingerprint density at radius 1 is 1.48 bits per heavy atom. The van der Waals surface area contributed by atoms with Crippen molar-refractivity contribution in [2.75, 3.05) is 13.2 Å². The molecule has 0 saturated carbocycles. The van der Waals surface area contributed by atoms with Gasteiger partial charge in [0.1, 0.15) is 6.61 Å². The summed E-state index contributed by atoms with van der Waals surface area (Å²) in [6.45, 7) is 2.86. The largest absolute Gasteiger partial charge is 0.384 e. The molecule has 5 nitrogen and oxygen atoms in total. The van der Waals surface area contributed by atoms with Crippen molar-refractivity contribution in [3.8, 4) is 11.8 Å². The third-order valence-corrected chi connectivity index (χ3v) is 2.99. The lowest BCUT2D eigenvalue weighted by Crippen LogP contribution is -2.27. The van der Waals surface area contributed by atoms with Crippen LogP contribution in [0.1, 0.15) is 21.5 Å². The molecule has 2 rings (SSSR count). The molecular weight excluding hydrogens is 266 g/mol. The van der Waals surface area contributed by atoms with Gasteiger partial charge in [0.25, 0.3) is 5.91 Å². The minimum Gasteiger partial charge on any atom is -0.384 e. The van der Waals surface area contributed by atoms with E-state index in [1.54, 1.807) is 23.0 Å². The van der Waals surface area contributed by atoms with E-state index in [4.69, 9.17) is 5.11 Å². The van der Waals surface area contributed by atoms with Crippen LogP contribution in [0.15, 0.2) is 36.7 Å². The number of rotatable bonds is 4. The molecule has 1 amide bonds. The van der Waals surface area contributed by atoms with Crippen LogP contribution >= 0.6 is 0 Å². The van der Waals surface area contributed by atoms with Crippen molar-refractivity contribution in [3.05, 3.63) is 53.3 Å². The van der Waals surface area contributed by atoms with Crippen LogP contribution < -0.4 is 5.32 Å². The van der Waals surface area contributed by atoms with Crippen LogP contribution in [0.2, 0.25) is 0 Å². The number of carbonyl (C=O) groups is 1. The number of nitrogens with zero attached hydrogens (tertiary/aromatic N) is 2. The number of aryl methyl sites for hydroxylation is 1. The molecule has 0 saturated heterocycles. The highest BCUT2D eigenvalue weighted by atomic mass is 16.2. The molecule has 5 heteroatoms. The van der Waals surface area contributed by atoms with Gasteiger partial charge in [-0.3, -0.25) is 9.48 Å². The maximum atomic E-state index is 12.1. The van der Waals surface area contributed by atoms with E-state index in [0.29, 0.717) is 18.7 Å². The first-order valence-electron chi connectivity index (χ1n) is 6.66. The minimum absolute atomic E-state index is 0.144. The van der Waals surface area contributed by atoms with E-state index in [1.807, 2.05) is 25.3 Å². The molecule has 0 aliphatic carbocycles. The number of aromatic nitrogens is 2. The van der Waals surface area contributed by atoms with Crippen LogP contribution in [0.3, 0.4) is 0 Å². The molecule has 0 spiro atoms. The summed E-state index contributed by atoms with van der Waals surface area (Å²) in [7, 11) is 0. The predicted octanol–water partition coefficient (Wildman–Crippen LogP) is 0.965. The summed E-state index contributed by atoms with van der Waals surface area (Å²) in [4.78, 5) is 12.1. The molecule has 108 valence electrons. The van der Waals surface area contributed by atoms with Gasteiger partial charge in [0.05, 0.1) is 6.54 Å². The molecule has 21 heavy (non-hydrogen) atoms. The topological polar surface area (TPSA) is 67.2 Å². The van der Waals surface area contributed by atoms with Gasteiger partial charge in [-0.15, -0.1) is 0 Å². The maximum absolute atomic E-state index is 12.1. The first-order chi connectivity index (χ1) is 10.2. The molecule has 0 unspecified atom stereocenters. The molecule has 1 heterocycles. The number of nitrogens with one attached hydrogen (secondary N) is 1. The van der Waals surface area contributed by atoms with E-state index < -0.39 is 0 Å². The van der Waals surface area contributed by atoms with Crippen molar-refractivity contribution in [3.63, 3.8) is 0 Å². The maximum Gasteiger partial charge on any atom is 0.251 e. The Morgan fingerprint density at radius 2 is 2.33 bits per heavy atom. The zero-order valence-electron chi connectivity index (χ0n) is 11.8. The first kappa shape index (κ1) is 14.8. The van der Waals surface area contributed by atoms with Gasteiger partial charge in [-0.2, -0.15) is 5.10 Å². The van der Waals surface area contributed by atoms with Gasteiger partial charge >= 0.3 is 0 Å². The van der Waals surface area contributed by atoms with E-state index in [0.717, 1.165) is 11.1 Å². The van der Waals surface area contributed by atoms with Crippen LogP contribution in [0, 0.1) is 18.8 Å². The Balaban J connectivity index is 1.98. The van der Waals surface area contributed by atoms with E-state index >= 15 is 0 Å². The fourth-order valence-corrected chi connectivity index (χ4v) is 1.85. The number of aliphatic hydroxyl groups is 1. The smallest absolute Gasteiger partial charge is 0.251 e. The summed E-state index contributed by atoms with van der Waals surface area (Å²) in [6, 6.07) is 7.20. The van der Waals surface area contributed by atoms with Gasteiger partial charge in [-0.05, 0) is 30.7 Å². The quantitative estimate of drug-likeness (QED) is 0.822. The molecule has 1 aromatic carbocycles. The summed E-state index contributed by atoms with van der Waals surface area (Å²) in [6.07, 6.45) is 3.55. The first-order valence-corrected chi connectivity index (χ1v) is 6.66. The Kier molecular flexibility index (Phi) is 5.13. The highest BCUT2D eigenvalue weighted by molar-refractivity contribution is 5.94. The Labute approximate surface area is 123 Å². The van der Waals surface area contributed by atoms with Gasteiger partial charge in [0.15, 0.2) is 0 Å². The average molecular weight is 283 g/mol. The highest BCUT2D eigenvalue weighted by Crippen LogP contribution is 2.10. The van der Waals surface area contributed by atoms with Crippen molar-refractivity contribution in [2.24, 2.45) is 0 Å². The number of hydrogen-bond acceptors (Lipinski definition) is 3. The minimum atomic E-state index is -0.195. The number of amides is 1. The second-order valence-electron chi connectivity index (χ2n) is 4.51. The van der Waals surface area contributed by atoms with Crippen LogP contribution in [0.4, 0.5) is 0 Å². The summed E-state index contributed by atoms with van der Waals surface area (Å²) in [5, 5.41) is 15.7. The van der Waals surface area contributed by atoms with Crippen LogP contribution in [-0.4, -0.2) is 33.9 Å². The fraction of sp³-hybridized carbons (Fsp3) is 0.250. The van der Waals surface area contributed by atoms with Crippen molar-refractivity contribution in [1.82, 2.24) is 15.1 Å². The molecule has 0 fully saturated rings. The summed E-state index contributed by atoms with van der Waals surface area (Å²) in [5.41, 5.74) is 2.29. The zero-order chi connectivity index (χ0) is 15.1. The number of benzene rings is 1. The Hall–Kier alpha value is -2.58. The van der Waals surface area contributed by atoms with Gasteiger partial charge in [-0.25, -0.2) is 0 Å². The van der Waals surface area contributed by atoms with Gasteiger partial charge < -0.3 is 10.4 Å². The SMILES string of the molecule is Cc1ccc(C(=O)NCCn2cccn2)cc1C#CCO. The lowest BCUT2D eigenvalue weighted by molar-refractivity contribution is 0.0952. The van der Waals surface area contributed by atoms with Gasteiger partial charge in [-0.1, -0.05) is 17.9 Å². The molecule has 0 atom stereocenters. The normalized spacial score (nSPS) is 9.81. The van der Waals surface area contributed by atoms with Crippen LogP contribution in [0.5, 0.6) is 0 Å². The predicted molar refractivity (Wildman–Crippen MR) is 79.7 cm³/mol. The van der Waals surface area contributed by atoms with Crippen molar-refractivity contribution in [1.29, 1.82) is 0 Å². The zero-order valence-corrected chi connectivity index (χ0v) is 11.8. The van der Waals surface area contributed by atoms with Crippen LogP contribution in [-0.2, 0) is 6.54 Å². The van der Waals surface area contributed by atoms with E-state index in [-0.39, 0.29) is 12.5 Å². The lowest BCUT2D eigenvalue weighted by Gasteiger charge is -2.07. The third kappa shape index (κ3) is 4.20. The molecule has 0 aliphatic rings. The third-order valence-electron chi connectivity index (χ3n) is 2.99. The molecule has 0 aliphatic heterocycles. The standard InChI is InChI=1S/C16H17N3O2/c1-13-5-6-15(12-14(13)4-2-11-20)16(21)17-8-10-19-9-3-7-18-19/h3,5-7,9,12,20H,8,10-11H2,1H3,(H,17,21). The molecule has 0 bridgehead atoms. The van der Waals surface area contributed by atoms with Crippen LogP contribution in [0.25, 0.3) is 0 Å². The second-order valence-corrected chi connectivity index (χ2v) is 4.51. The Morgan fingerprint density at radius 3 is 3.05 bits per heavy atom. The summed E-state index contributed by atoms with van der Waals surface area (Å²) in [5.74, 6) is 5.29.